The van der Waals surface area contributed by atoms with Crippen LogP contribution in [0.15, 0.2) is 84.9 Å². The van der Waals surface area contributed by atoms with Crippen LogP contribution in [0.25, 0.3) is 10.9 Å². The van der Waals surface area contributed by atoms with Crippen molar-refractivity contribution >= 4 is 10.9 Å². The molecule has 3 aromatic carbocycles. The molecule has 2 heterocycles. The van der Waals surface area contributed by atoms with Crippen LogP contribution >= 0.6 is 0 Å². The van der Waals surface area contributed by atoms with Crippen molar-refractivity contribution in [3.8, 4) is 11.5 Å². The van der Waals surface area contributed by atoms with Crippen LogP contribution in [-0.4, -0.2) is 25.6 Å². The maximum Gasteiger partial charge on any atom is 0.189 e. The van der Waals surface area contributed by atoms with Crippen molar-refractivity contribution in [2.75, 3.05) is 0 Å². The molecule has 0 bridgehead atoms. The molecular weight excluding hydrogens is 414 g/mol. The average Bonchev–Trinajstić information content (AvgIpc) is 3.39. The highest BCUT2D eigenvalue weighted by atomic mass is 16.5. The summed E-state index contributed by atoms with van der Waals surface area (Å²) in [6, 6.07) is 28.4. The number of hydrogen-bond acceptors (Lipinski definition) is 6. The van der Waals surface area contributed by atoms with Crippen molar-refractivity contribution in [1.82, 2.24) is 25.6 Å². The Labute approximate surface area is 191 Å². The molecule has 5 aromatic rings. The van der Waals surface area contributed by atoms with Gasteiger partial charge in [-0.2, -0.15) is 0 Å². The first-order valence-electron chi connectivity index (χ1n) is 10.8. The zero-order valence-electron chi connectivity index (χ0n) is 18.2. The fourth-order valence-corrected chi connectivity index (χ4v) is 3.61. The lowest BCUT2D eigenvalue weighted by Crippen LogP contribution is -2.05. The summed E-state index contributed by atoms with van der Waals surface area (Å²) in [5.41, 5.74) is 4.23. The summed E-state index contributed by atoms with van der Waals surface area (Å²) in [5, 5.41) is 14.9. The number of hydrogen-bond donors (Lipinski definition) is 1. The van der Waals surface area contributed by atoms with E-state index in [4.69, 9.17) is 9.47 Å². The second-order valence-corrected chi connectivity index (χ2v) is 7.80. The Bertz CT molecular complexity index is 1340. The molecule has 2 aromatic heterocycles. The molecule has 1 N–H and O–H groups in total. The largest absolute Gasteiger partial charge is 0.487 e. The van der Waals surface area contributed by atoms with Crippen LogP contribution in [0.4, 0.5) is 0 Å². The van der Waals surface area contributed by atoms with Crippen molar-refractivity contribution in [2.45, 2.75) is 26.1 Å². The van der Waals surface area contributed by atoms with Crippen molar-refractivity contribution in [3.05, 3.63) is 108 Å². The van der Waals surface area contributed by atoms with Gasteiger partial charge in [0.2, 0.25) is 0 Å². The number of aromatic nitrogens is 5. The number of ether oxygens (including phenoxy) is 2. The fraction of sp³-hybridized carbons (Fsp3) is 0.154. The van der Waals surface area contributed by atoms with Gasteiger partial charge in [-0.15, -0.1) is 5.10 Å². The van der Waals surface area contributed by atoms with Gasteiger partial charge in [0.25, 0.3) is 0 Å². The molecule has 0 aliphatic rings. The van der Waals surface area contributed by atoms with E-state index in [1.807, 2.05) is 61.5 Å². The summed E-state index contributed by atoms with van der Waals surface area (Å²) >= 11 is 0. The highest BCUT2D eigenvalue weighted by Gasteiger charge is 2.11. The molecule has 0 aliphatic carbocycles. The third kappa shape index (κ3) is 5.15. The van der Waals surface area contributed by atoms with E-state index in [0.717, 1.165) is 40.1 Å². The fourth-order valence-electron chi connectivity index (χ4n) is 3.61. The van der Waals surface area contributed by atoms with E-state index in [9.17, 15) is 0 Å². The summed E-state index contributed by atoms with van der Waals surface area (Å²) in [4.78, 5) is 4.66. The molecule has 164 valence electrons. The molecule has 0 fully saturated rings. The Morgan fingerprint density at radius 1 is 0.848 bits per heavy atom. The van der Waals surface area contributed by atoms with Crippen LogP contribution in [0.3, 0.4) is 0 Å². The number of benzene rings is 3. The Morgan fingerprint density at radius 2 is 1.73 bits per heavy atom. The van der Waals surface area contributed by atoms with Crippen molar-refractivity contribution in [1.29, 1.82) is 0 Å². The lowest BCUT2D eigenvalue weighted by atomic mass is 10.0. The van der Waals surface area contributed by atoms with Crippen LogP contribution in [0.2, 0.25) is 0 Å². The van der Waals surface area contributed by atoms with E-state index >= 15 is 0 Å². The van der Waals surface area contributed by atoms with Crippen molar-refractivity contribution < 1.29 is 9.47 Å². The SMILES string of the molecule is CC(Oc1cccc(Cc2ccc(OCc3ccc4ccccc4n3)cc2)c1)c1nnn[nH]1. The topological polar surface area (TPSA) is 85.8 Å². The summed E-state index contributed by atoms with van der Waals surface area (Å²) in [6.45, 7) is 2.34. The summed E-state index contributed by atoms with van der Waals surface area (Å²) in [7, 11) is 0. The van der Waals surface area contributed by atoms with E-state index in [1.54, 1.807) is 0 Å². The molecule has 0 aliphatic heterocycles. The highest BCUT2D eigenvalue weighted by molar-refractivity contribution is 5.78. The number of nitrogens with zero attached hydrogens (tertiary/aromatic N) is 4. The molecule has 0 saturated carbocycles. The minimum atomic E-state index is -0.260. The molecule has 0 spiro atoms. The number of fused-ring (bicyclic) bond motifs is 1. The minimum absolute atomic E-state index is 0.260. The Hall–Kier alpha value is -4.26. The van der Waals surface area contributed by atoms with Gasteiger partial charge in [0, 0.05) is 5.39 Å². The summed E-state index contributed by atoms with van der Waals surface area (Å²) in [5.74, 6) is 2.19. The zero-order valence-corrected chi connectivity index (χ0v) is 18.2. The minimum Gasteiger partial charge on any atom is -0.487 e. The number of nitrogens with one attached hydrogen (secondary N) is 1. The molecule has 7 nitrogen and oxygen atoms in total. The number of pyridine rings is 1. The Balaban J connectivity index is 1.19. The molecule has 0 radical (unpaired) electrons. The number of para-hydroxylation sites is 1. The summed E-state index contributed by atoms with van der Waals surface area (Å²) in [6.07, 6.45) is 0.533. The third-order valence-electron chi connectivity index (χ3n) is 5.33. The normalized spacial score (nSPS) is 11.9. The second kappa shape index (κ2) is 9.48. The molecule has 0 saturated heterocycles. The maximum absolute atomic E-state index is 5.96. The van der Waals surface area contributed by atoms with Gasteiger partial charge in [0.05, 0.1) is 11.2 Å². The lowest BCUT2D eigenvalue weighted by Gasteiger charge is -2.13. The standard InChI is InChI=1S/C26H23N5O2/c1-18(26-28-30-31-29-26)33-24-7-4-5-20(16-24)15-19-9-13-23(14-10-19)32-17-22-12-11-21-6-2-3-8-25(21)27-22/h2-14,16,18H,15,17H2,1H3,(H,28,29,30,31). The quantitative estimate of drug-likeness (QED) is 0.365. The molecule has 0 amide bonds. The van der Waals surface area contributed by atoms with Gasteiger partial charge in [-0.05, 0) is 71.3 Å². The Kier molecular flexibility index (Phi) is 5.93. The van der Waals surface area contributed by atoms with E-state index in [-0.39, 0.29) is 6.10 Å². The zero-order chi connectivity index (χ0) is 22.5. The number of H-pyrrole nitrogens is 1. The second-order valence-electron chi connectivity index (χ2n) is 7.80. The van der Waals surface area contributed by atoms with Gasteiger partial charge in [-0.25, -0.2) is 10.1 Å². The number of rotatable bonds is 8. The molecule has 7 heteroatoms. The molecule has 1 unspecified atom stereocenters. The van der Waals surface area contributed by atoms with Crippen molar-refractivity contribution in [3.63, 3.8) is 0 Å². The monoisotopic (exact) mass is 437 g/mol. The van der Waals surface area contributed by atoms with Crippen molar-refractivity contribution in [2.24, 2.45) is 0 Å². The van der Waals surface area contributed by atoms with Gasteiger partial charge in [-0.3, -0.25) is 0 Å². The summed E-state index contributed by atoms with van der Waals surface area (Å²) < 4.78 is 11.9. The van der Waals surface area contributed by atoms with Gasteiger partial charge < -0.3 is 9.47 Å². The smallest absolute Gasteiger partial charge is 0.189 e. The number of tetrazole rings is 1. The predicted octanol–water partition coefficient (Wildman–Crippen LogP) is 5.06. The number of aromatic amines is 1. The van der Waals surface area contributed by atoms with E-state index < -0.39 is 0 Å². The molecule has 33 heavy (non-hydrogen) atoms. The van der Waals surface area contributed by atoms with Crippen LogP contribution in [0.1, 0.15) is 35.7 Å². The average molecular weight is 438 g/mol. The van der Waals surface area contributed by atoms with E-state index in [0.29, 0.717) is 12.4 Å². The van der Waals surface area contributed by atoms with Gasteiger partial charge in [0.1, 0.15) is 18.1 Å². The highest BCUT2D eigenvalue weighted by Crippen LogP contribution is 2.23. The van der Waals surface area contributed by atoms with Gasteiger partial charge in [-0.1, -0.05) is 48.5 Å². The third-order valence-corrected chi connectivity index (χ3v) is 5.33. The van der Waals surface area contributed by atoms with E-state index in [1.165, 1.54) is 5.56 Å². The first kappa shape index (κ1) is 20.6. The van der Waals surface area contributed by atoms with E-state index in [2.05, 4.69) is 55.9 Å². The first-order valence-corrected chi connectivity index (χ1v) is 10.8. The van der Waals surface area contributed by atoms with Crippen LogP contribution in [-0.2, 0) is 13.0 Å². The Morgan fingerprint density at radius 3 is 2.58 bits per heavy atom. The van der Waals surface area contributed by atoms with Crippen LogP contribution in [0, 0.1) is 0 Å². The molecular formula is C26H23N5O2. The van der Waals surface area contributed by atoms with Crippen LogP contribution in [0.5, 0.6) is 11.5 Å². The molecule has 1 atom stereocenters. The lowest BCUT2D eigenvalue weighted by molar-refractivity contribution is 0.216. The van der Waals surface area contributed by atoms with Gasteiger partial charge in [0.15, 0.2) is 11.9 Å². The van der Waals surface area contributed by atoms with Crippen LogP contribution < -0.4 is 9.47 Å². The first-order chi connectivity index (χ1) is 16.2. The predicted molar refractivity (Wildman–Crippen MR) is 125 cm³/mol. The molecule has 5 rings (SSSR count). The maximum atomic E-state index is 5.96. The van der Waals surface area contributed by atoms with Gasteiger partial charge >= 0.3 is 0 Å².